The quantitative estimate of drug-likeness (QED) is 0.496. The number of anilines is 1. The van der Waals surface area contributed by atoms with Gasteiger partial charge in [0.05, 0.1) is 18.1 Å². The molecule has 8 heteroatoms. The van der Waals surface area contributed by atoms with Crippen LogP contribution < -0.4 is 9.64 Å². The molecule has 0 bridgehead atoms. The lowest BCUT2D eigenvalue weighted by atomic mass is 10.2. The second-order valence-corrected chi connectivity index (χ2v) is 8.05. The maximum atomic E-state index is 6.04. The number of aromatic nitrogens is 4. The molecule has 1 aromatic carbocycles. The summed E-state index contributed by atoms with van der Waals surface area (Å²) in [6.45, 7) is 4.91. The number of benzene rings is 1. The van der Waals surface area contributed by atoms with E-state index in [0.717, 1.165) is 60.8 Å². The van der Waals surface area contributed by atoms with Gasteiger partial charge in [0.25, 0.3) is 0 Å². The van der Waals surface area contributed by atoms with E-state index in [2.05, 4.69) is 36.9 Å². The highest BCUT2D eigenvalue weighted by molar-refractivity contribution is 6.30. The van der Waals surface area contributed by atoms with Crippen LogP contribution in [-0.4, -0.2) is 51.0 Å². The number of halogens is 1. The second kappa shape index (κ2) is 8.91. The molecule has 1 N–H and O–H groups in total. The first kappa shape index (κ1) is 19.8. The van der Waals surface area contributed by atoms with Gasteiger partial charge in [-0.2, -0.15) is 4.98 Å². The average Bonchev–Trinajstić information content (AvgIpc) is 3.26. The van der Waals surface area contributed by atoms with Crippen molar-refractivity contribution in [2.24, 2.45) is 0 Å². The Morgan fingerprint density at radius 3 is 2.77 bits per heavy atom. The molecule has 1 fully saturated rings. The molecule has 5 rings (SSSR count). The molecule has 1 aliphatic heterocycles. The number of ether oxygens (including phenoxy) is 1. The molecule has 158 valence electrons. The molecule has 0 unspecified atom stereocenters. The lowest BCUT2D eigenvalue weighted by Gasteiger charge is -2.35. The lowest BCUT2D eigenvalue weighted by Crippen LogP contribution is -2.46. The Bertz CT molecular complexity index is 1170. The van der Waals surface area contributed by atoms with Crippen molar-refractivity contribution in [3.05, 3.63) is 77.3 Å². The largest absolute Gasteiger partial charge is 0.472 e. The van der Waals surface area contributed by atoms with Gasteiger partial charge in [0, 0.05) is 49.3 Å². The fourth-order valence-corrected chi connectivity index (χ4v) is 3.98. The topological polar surface area (TPSA) is 70.2 Å². The highest BCUT2D eigenvalue weighted by atomic mass is 35.5. The van der Waals surface area contributed by atoms with Crippen LogP contribution in [0, 0.1) is 0 Å². The summed E-state index contributed by atoms with van der Waals surface area (Å²) in [6, 6.07) is 13.9. The van der Waals surface area contributed by atoms with Crippen molar-refractivity contribution in [1.82, 2.24) is 24.8 Å². The zero-order valence-corrected chi connectivity index (χ0v) is 17.8. The molecule has 0 aliphatic carbocycles. The molecule has 0 atom stereocenters. The van der Waals surface area contributed by atoms with Crippen LogP contribution in [0.25, 0.3) is 11.0 Å². The van der Waals surface area contributed by atoms with Crippen molar-refractivity contribution >= 4 is 28.5 Å². The molecule has 31 heavy (non-hydrogen) atoms. The molecule has 0 saturated carbocycles. The van der Waals surface area contributed by atoms with Crippen LogP contribution in [0.4, 0.5) is 5.82 Å². The van der Waals surface area contributed by atoms with E-state index in [4.69, 9.17) is 21.3 Å². The van der Waals surface area contributed by atoms with Gasteiger partial charge < -0.3 is 14.6 Å². The molecule has 4 aromatic rings. The van der Waals surface area contributed by atoms with Crippen molar-refractivity contribution < 1.29 is 4.74 Å². The van der Waals surface area contributed by atoms with Crippen LogP contribution in [0.1, 0.15) is 11.3 Å². The van der Waals surface area contributed by atoms with Crippen molar-refractivity contribution in [3.8, 4) is 5.88 Å². The molecule has 4 heterocycles. The smallest absolute Gasteiger partial charge is 0.234 e. The Labute approximate surface area is 185 Å². The standard InChI is InChI=1S/C23H23ClN6O/c24-19-3-1-2-17(12-19)16-31-22-14-25-13-21(28-22)30-10-8-29(9-11-30)15-20-5-4-18-6-7-26-23(18)27-20/h1-7,12-14H,8-11,15-16H2,(H,26,27). The van der Waals surface area contributed by atoms with Crippen LogP contribution in [0.3, 0.4) is 0 Å². The molecular formula is C23H23ClN6O. The van der Waals surface area contributed by atoms with E-state index >= 15 is 0 Å². The van der Waals surface area contributed by atoms with Crippen LogP contribution in [-0.2, 0) is 13.2 Å². The van der Waals surface area contributed by atoms with Crippen molar-refractivity contribution in [2.75, 3.05) is 31.1 Å². The van der Waals surface area contributed by atoms with Gasteiger partial charge in [0.2, 0.25) is 5.88 Å². The number of fused-ring (bicyclic) bond motifs is 1. The summed E-state index contributed by atoms with van der Waals surface area (Å²) in [5.41, 5.74) is 3.03. The van der Waals surface area contributed by atoms with E-state index < -0.39 is 0 Å². The van der Waals surface area contributed by atoms with Gasteiger partial charge in [-0.1, -0.05) is 23.7 Å². The molecule has 1 saturated heterocycles. The normalized spacial score (nSPS) is 14.8. The van der Waals surface area contributed by atoms with Crippen LogP contribution in [0.2, 0.25) is 5.02 Å². The summed E-state index contributed by atoms with van der Waals surface area (Å²) in [6.07, 6.45) is 5.36. The number of nitrogens with one attached hydrogen (secondary N) is 1. The third-order valence-corrected chi connectivity index (χ3v) is 5.66. The average molecular weight is 435 g/mol. The minimum Gasteiger partial charge on any atom is -0.472 e. The van der Waals surface area contributed by atoms with E-state index in [1.165, 1.54) is 0 Å². The second-order valence-electron chi connectivity index (χ2n) is 7.62. The number of nitrogens with zero attached hydrogens (tertiary/aromatic N) is 5. The fourth-order valence-electron chi connectivity index (χ4n) is 3.77. The highest BCUT2D eigenvalue weighted by Gasteiger charge is 2.19. The summed E-state index contributed by atoms with van der Waals surface area (Å²) < 4.78 is 5.83. The zero-order chi connectivity index (χ0) is 21.0. The summed E-state index contributed by atoms with van der Waals surface area (Å²) in [5, 5.41) is 1.84. The molecule has 3 aromatic heterocycles. The number of pyridine rings is 1. The van der Waals surface area contributed by atoms with Gasteiger partial charge in [0.1, 0.15) is 12.3 Å². The van der Waals surface area contributed by atoms with E-state index in [1.54, 1.807) is 12.4 Å². The predicted molar refractivity (Wildman–Crippen MR) is 121 cm³/mol. The Balaban J connectivity index is 1.17. The Hall–Kier alpha value is -3.16. The van der Waals surface area contributed by atoms with Gasteiger partial charge in [-0.3, -0.25) is 9.88 Å². The third kappa shape index (κ3) is 4.78. The Kier molecular flexibility index (Phi) is 5.69. The summed E-state index contributed by atoms with van der Waals surface area (Å²) in [7, 11) is 0. The number of H-pyrrole nitrogens is 1. The van der Waals surface area contributed by atoms with Gasteiger partial charge in [0.15, 0.2) is 5.82 Å². The number of rotatable bonds is 6. The van der Waals surface area contributed by atoms with E-state index in [-0.39, 0.29) is 0 Å². The summed E-state index contributed by atoms with van der Waals surface area (Å²) in [4.78, 5) is 21.5. The SMILES string of the molecule is Clc1cccc(COc2cncc(N3CCN(Cc4ccc5cc[nH]c5n4)CC3)n2)c1. The minimum absolute atomic E-state index is 0.407. The number of hydrogen-bond acceptors (Lipinski definition) is 6. The monoisotopic (exact) mass is 434 g/mol. The molecule has 0 spiro atoms. The van der Waals surface area contributed by atoms with Gasteiger partial charge in [-0.25, -0.2) is 4.98 Å². The van der Waals surface area contributed by atoms with Crippen LogP contribution >= 0.6 is 11.6 Å². The summed E-state index contributed by atoms with van der Waals surface area (Å²) in [5.74, 6) is 1.36. The van der Waals surface area contributed by atoms with Gasteiger partial charge in [-0.05, 0) is 35.9 Å². The van der Waals surface area contributed by atoms with E-state index in [1.807, 2.05) is 36.5 Å². The van der Waals surface area contributed by atoms with Crippen LogP contribution in [0.15, 0.2) is 61.1 Å². The molecule has 0 amide bonds. The van der Waals surface area contributed by atoms with E-state index in [9.17, 15) is 0 Å². The van der Waals surface area contributed by atoms with Crippen molar-refractivity contribution in [1.29, 1.82) is 0 Å². The van der Waals surface area contributed by atoms with E-state index in [0.29, 0.717) is 17.5 Å². The summed E-state index contributed by atoms with van der Waals surface area (Å²) >= 11 is 6.04. The van der Waals surface area contributed by atoms with Crippen molar-refractivity contribution in [3.63, 3.8) is 0 Å². The molecular weight excluding hydrogens is 412 g/mol. The van der Waals surface area contributed by atoms with Gasteiger partial charge >= 0.3 is 0 Å². The fraction of sp³-hybridized carbons (Fsp3) is 0.261. The Morgan fingerprint density at radius 1 is 1.00 bits per heavy atom. The van der Waals surface area contributed by atoms with Crippen molar-refractivity contribution in [2.45, 2.75) is 13.2 Å². The third-order valence-electron chi connectivity index (χ3n) is 5.42. The Morgan fingerprint density at radius 2 is 1.90 bits per heavy atom. The first-order chi connectivity index (χ1) is 15.2. The zero-order valence-electron chi connectivity index (χ0n) is 17.0. The highest BCUT2D eigenvalue weighted by Crippen LogP contribution is 2.19. The minimum atomic E-state index is 0.407. The number of piperazine rings is 1. The van der Waals surface area contributed by atoms with Gasteiger partial charge in [-0.15, -0.1) is 0 Å². The first-order valence-electron chi connectivity index (χ1n) is 10.3. The molecule has 1 aliphatic rings. The molecule has 7 nitrogen and oxygen atoms in total. The number of aromatic amines is 1. The predicted octanol–water partition coefficient (Wildman–Crippen LogP) is 3.91. The maximum absolute atomic E-state index is 6.04. The first-order valence-corrected chi connectivity index (χ1v) is 10.7. The maximum Gasteiger partial charge on any atom is 0.234 e. The lowest BCUT2D eigenvalue weighted by molar-refractivity contribution is 0.246. The number of hydrogen-bond donors (Lipinski definition) is 1. The van der Waals surface area contributed by atoms with Crippen LogP contribution in [0.5, 0.6) is 5.88 Å². The molecule has 0 radical (unpaired) electrons.